The van der Waals surface area contributed by atoms with Crippen molar-refractivity contribution in [1.82, 2.24) is 4.90 Å². The van der Waals surface area contributed by atoms with Crippen LogP contribution in [0.1, 0.15) is 33.4 Å². The minimum atomic E-state index is -4.67. The van der Waals surface area contributed by atoms with Crippen molar-refractivity contribution in [3.63, 3.8) is 0 Å². The summed E-state index contributed by atoms with van der Waals surface area (Å²) in [7, 11) is 1.44. The Bertz CT molecular complexity index is 1400. The average molecular weight is 537 g/mol. The van der Waals surface area contributed by atoms with Crippen molar-refractivity contribution in [1.29, 1.82) is 5.26 Å². The maximum absolute atomic E-state index is 14.2. The van der Waals surface area contributed by atoms with Crippen LogP contribution < -0.4 is 0 Å². The lowest BCUT2D eigenvalue weighted by Crippen LogP contribution is -2.49. The van der Waals surface area contributed by atoms with Crippen molar-refractivity contribution < 1.29 is 32.5 Å². The Morgan fingerprint density at radius 3 is 2.54 bits per heavy atom. The fourth-order valence-corrected chi connectivity index (χ4v) is 4.67. The second kappa shape index (κ2) is 12.3. The molecule has 39 heavy (non-hydrogen) atoms. The van der Waals surface area contributed by atoms with E-state index in [1.165, 1.54) is 25.3 Å². The number of nitrogens with zero attached hydrogens (tertiary/aromatic N) is 2. The van der Waals surface area contributed by atoms with E-state index in [2.05, 4.69) is 6.07 Å². The van der Waals surface area contributed by atoms with Crippen LogP contribution in [0.2, 0.25) is 0 Å². The van der Waals surface area contributed by atoms with E-state index in [0.717, 1.165) is 11.6 Å². The molecule has 0 spiro atoms. The number of aliphatic carboxylic acids is 1. The molecule has 1 aliphatic rings. The van der Waals surface area contributed by atoms with Crippen molar-refractivity contribution >= 4 is 18.1 Å². The third-order valence-corrected chi connectivity index (χ3v) is 6.61. The summed E-state index contributed by atoms with van der Waals surface area (Å²) < 4.78 is 53.2. The van der Waals surface area contributed by atoms with E-state index < -0.39 is 23.8 Å². The van der Waals surface area contributed by atoms with E-state index in [4.69, 9.17) is 9.47 Å². The maximum atomic E-state index is 14.2. The van der Waals surface area contributed by atoms with E-state index in [0.29, 0.717) is 34.4 Å². The van der Waals surface area contributed by atoms with E-state index in [1.807, 2.05) is 30.3 Å². The summed E-state index contributed by atoms with van der Waals surface area (Å²) >= 11 is 0. The first-order chi connectivity index (χ1) is 18.7. The van der Waals surface area contributed by atoms with Gasteiger partial charge in [-0.1, -0.05) is 60.7 Å². The molecule has 4 rings (SSSR count). The van der Waals surface area contributed by atoms with Crippen LogP contribution in [0.4, 0.5) is 13.2 Å². The van der Waals surface area contributed by atoms with E-state index in [1.54, 1.807) is 23.1 Å². The molecule has 9 heteroatoms. The lowest BCUT2D eigenvalue weighted by Gasteiger charge is -2.33. The molecule has 1 fully saturated rings. The summed E-state index contributed by atoms with van der Waals surface area (Å²) in [5.74, 6) is -1.09. The van der Waals surface area contributed by atoms with Crippen LogP contribution in [0, 0.1) is 11.3 Å². The monoisotopic (exact) mass is 536 g/mol. The van der Waals surface area contributed by atoms with Gasteiger partial charge in [0.15, 0.2) is 0 Å². The van der Waals surface area contributed by atoms with Crippen LogP contribution in [-0.2, 0) is 33.6 Å². The molecule has 0 aliphatic carbocycles. The number of alkyl halides is 3. The summed E-state index contributed by atoms with van der Waals surface area (Å²) in [4.78, 5) is 13.3. The van der Waals surface area contributed by atoms with Crippen molar-refractivity contribution in [2.24, 2.45) is 0 Å². The molecule has 0 saturated carbocycles. The summed E-state index contributed by atoms with van der Waals surface area (Å²) in [6, 6.07) is 18.2. The Balaban J connectivity index is 1.76. The van der Waals surface area contributed by atoms with Crippen LogP contribution in [0.3, 0.4) is 0 Å². The number of carboxylic acid groups (broad SMARTS) is 1. The highest BCUT2D eigenvalue weighted by Gasteiger charge is 2.35. The zero-order valence-electron chi connectivity index (χ0n) is 21.2. The Morgan fingerprint density at radius 1 is 1.13 bits per heavy atom. The standard InChI is InChI=1S/C30H27F3N2O4/c1-38-18-24-14-22(11-10-21-8-5-9-25(26(21)16-34)20-6-3-2-4-7-20)27(30(31,32)33)15-23(24)17-35-12-13-39-19-28(35)29(36)37/h2-11,14-15,28H,12-13,17-19H2,1H3,(H,36,37)/b11-10+. The van der Waals surface area contributed by atoms with Gasteiger partial charge in [0.05, 0.1) is 30.9 Å². The molecule has 1 aliphatic heterocycles. The van der Waals surface area contributed by atoms with E-state index in [9.17, 15) is 28.3 Å². The number of morpholine rings is 1. The lowest BCUT2D eigenvalue weighted by molar-refractivity contribution is -0.150. The van der Waals surface area contributed by atoms with Gasteiger partial charge >= 0.3 is 12.1 Å². The van der Waals surface area contributed by atoms with Crippen molar-refractivity contribution in [3.8, 4) is 17.2 Å². The predicted octanol–water partition coefficient (Wildman–Crippen LogP) is 5.85. The first kappa shape index (κ1) is 28.0. The molecule has 202 valence electrons. The minimum absolute atomic E-state index is 0.00377. The van der Waals surface area contributed by atoms with Crippen molar-refractivity contribution in [2.45, 2.75) is 25.4 Å². The number of nitriles is 1. The van der Waals surface area contributed by atoms with Crippen molar-refractivity contribution in [2.75, 3.05) is 26.9 Å². The third-order valence-electron chi connectivity index (χ3n) is 6.61. The fourth-order valence-electron chi connectivity index (χ4n) is 4.67. The average Bonchev–Trinajstić information content (AvgIpc) is 2.92. The molecule has 1 saturated heterocycles. The molecular weight excluding hydrogens is 509 g/mol. The van der Waals surface area contributed by atoms with Gasteiger partial charge in [0, 0.05) is 25.8 Å². The number of ether oxygens (including phenoxy) is 2. The fraction of sp³-hybridized carbons (Fsp3) is 0.267. The highest BCUT2D eigenvalue weighted by Crippen LogP contribution is 2.36. The topological polar surface area (TPSA) is 82.8 Å². The molecule has 0 aromatic heterocycles. The molecular formula is C30H27F3N2O4. The number of methoxy groups -OCH3 is 1. The van der Waals surface area contributed by atoms with Gasteiger partial charge < -0.3 is 14.6 Å². The van der Waals surface area contributed by atoms with Gasteiger partial charge in [0.25, 0.3) is 0 Å². The first-order valence-electron chi connectivity index (χ1n) is 12.3. The molecule has 1 atom stereocenters. The molecule has 0 amide bonds. The summed E-state index contributed by atoms with van der Waals surface area (Å²) in [6.07, 6.45) is -1.80. The first-order valence-corrected chi connectivity index (χ1v) is 12.3. The van der Waals surface area contributed by atoms with E-state index in [-0.39, 0.29) is 31.9 Å². The van der Waals surface area contributed by atoms with Gasteiger partial charge in [0.1, 0.15) is 12.1 Å². The summed E-state index contributed by atoms with van der Waals surface area (Å²) in [6.45, 7) is 0.582. The van der Waals surface area contributed by atoms with Gasteiger partial charge in [-0.2, -0.15) is 18.4 Å². The zero-order chi connectivity index (χ0) is 28.0. The third kappa shape index (κ3) is 6.55. The molecule has 1 unspecified atom stereocenters. The van der Waals surface area contributed by atoms with Gasteiger partial charge in [-0.25, -0.2) is 0 Å². The minimum Gasteiger partial charge on any atom is -0.480 e. The van der Waals surface area contributed by atoms with Gasteiger partial charge in [-0.15, -0.1) is 0 Å². The number of carbonyl (C=O) groups is 1. The lowest BCUT2D eigenvalue weighted by atomic mass is 9.94. The molecule has 0 bridgehead atoms. The molecule has 1 heterocycles. The Kier molecular flexibility index (Phi) is 8.82. The number of hydrogen-bond donors (Lipinski definition) is 1. The van der Waals surface area contributed by atoms with Crippen LogP contribution in [0.25, 0.3) is 23.3 Å². The number of carboxylic acids is 1. The number of benzene rings is 3. The smallest absolute Gasteiger partial charge is 0.416 e. The molecule has 6 nitrogen and oxygen atoms in total. The number of halogens is 3. The Hall–Kier alpha value is -3.97. The van der Waals surface area contributed by atoms with Crippen LogP contribution in [0.15, 0.2) is 60.7 Å². The second-order valence-corrected chi connectivity index (χ2v) is 9.12. The second-order valence-electron chi connectivity index (χ2n) is 9.12. The number of rotatable bonds is 8. The summed E-state index contributed by atoms with van der Waals surface area (Å²) in [5, 5.41) is 19.4. The maximum Gasteiger partial charge on any atom is 0.416 e. The molecule has 3 aromatic rings. The van der Waals surface area contributed by atoms with Gasteiger partial charge in [0.2, 0.25) is 0 Å². The summed E-state index contributed by atoms with van der Waals surface area (Å²) in [5.41, 5.74) is 2.27. The molecule has 1 N–H and O–H groups in total. The largest absolute Gasteiger partial charge is 0.480 e. The SMILES string of the molecule is COCc1cc(/C=C/c2cccc(-c3ccccc3)c2C#N)c(C(F)(F)F)cc1CN1CCOCC1C(=O)O. The molecule has 3 aromatic carbocycles. The Morgan fingerprint density at radius 2 is 1.87 bits per heavy atom. The highest BCUT2D eigenvalue weighted by atomic mass is 19.4. The normalized spacial score (nSPS) is 16.3. The number of hydrogen-bond acceptors (Lipinski definition) is 5. The van der Waals surface area contributed by atoms with Gasteiger partial charge in [-0.3, -0.25) is 9.69 Å². The van der Waals surface area contributed by atoms with E-state index >= 15 is 0 Å². The zero-order valence-corrected chi connectivity index (χ0v) is 21.2. The van der Waals surface area contributed by atoms with Gasteiger partial charge in [-0.05, 0) is 39.9 Å². The van der Waals surface area contributed by atoms with Crippen LogP contribution in [-0.4, -0.2) is 48.9 Å². The quantitative estimate of drug-likeness (QED) is 0.364. The van der Waals surface area contributed by atoms with Crippen molar-refractivity contribution in [3.05, 3.63) is 94.0 Å². The predicted molar refractivity (Wildman–Crippen MR) is 140 cm³/mol. The van der Waals surface area contributed by atoms with Crippen LogP contribution in [0.5, 0.6) is 0 Å². The van der Waals surface area contributed by atoms with Crippen LogP contribution >= 0.6 is 0 Å². The Labute approximate surface area is 224 Å². The highest BCUT2D eigenvalue weighted by molar-refractivity contribution is 5.81. The molecule has 0 radical (unpaired) electrons.